The van der Waals surface area contributed by atoms with Crippen LogP contribution in [0.25, 0.3) is 33.4 Å². The second-order valence-corrected chi connectivity index (χ2v) is 11.4. The van der Waals surface area contributed by atoms with Gasteiger partial charge in [-0.15, -0.1) is 0 Å². The number of halogens is 1. The van der Waals surface area contributed by atoms with Gasteiger partial charge in [0.2, 0.25) is 0 Å². The van der Waals surface area contributed by atoms with Gasteiger partial charge in [-0.2, -0.15) is 0 Å². The Morgan fingerprint density at radius 2 is 1.71 bits per heavy atom. The Kier molecular flexibility index (Phi) is 7.96. The third-order valence-corrected chi connectivity index (χ3v) is 8.42. The van der Waals surface area contributed by atoms with E-state index in [1.165, 1.54) is 0 Å². The number of carbonyl (C=O) groups is 1. The third-order valence-electron chi connectivity index (χ3n) is 8.01. The summed E-state index contributed by atoms with van der Waals surface area (Å²) in [5, 5.41) is 7.66. The maximum Gasteiger partial charge on any atom is 0.160 e. The van der Waals surface area contributed by atoms with Crippen LogP contribution in [0.3, 0.4) is 0 Å². The molecule has 0 spiro atoms. The fourth-order valence-electron chi connectivity index (χ4n) is 5.70. The highest BCUT2D eigenvalue weighted by Gasteiger charge is 2.21. The molecule has 1 fully saturated rings. The molecule has 1 aliphatic carbocycles. The standard InChI is InChI=1S/C34H33ClN6O/c1-20-26(7-5-10-29(20)41-34-33-31(11-6-16-37-33)39-22(3)40-34)27-8-4-9-28(32(27)35)30-15-13-24(21(2)38-30)19-36-18-23-12-14-25(42)17-23/h4-11,13,15-16,23,36H,12,14,17-19H2,1-3H3,(H,39,40,41)/t23-/m1/s1. The number of hydrogen-bond donors (Lipinski definition) is 2. The van der Waals surface area contributed by atoms with Crippen molar-refractivity contribution in [2.45, 2.75) is 46.6 Å². The van der Waals surface area contributed by atoms with E-state index in [-0.39, 0.29) is 0 Å². The van der Waals surface area contributed by atoms with Gasteiger partial charge >= 0.3 is 0 Å². The number of rotatable bonds is 8. The first-order chi connectivity index (χ1) is 20.4. The van der Waals surface area contributed by atoms with E-state index in [1.54, 1.807) is 6.20 Å². The van der Waals surface area contributed by atoms with Gasteiger partial charge in [0, 0.05) is 48.1 Å². The van der Waals surface area contributed by atoms with Gasteiger partial charge in [-0.1, -0.05) is 48.0 Å². The third kappa shape index (κ3) is 5.75. The molecule has 1 atom stereocenters. The van der Waals surface area contributed by atoms with Crippen LogP contribution in [0.15, 0.2) is 66.9 Å². The van der Waals surface area contributed by atoms with Gasteiger partial charge in [0.1, 0.15) is 17.1 Å². The zero-order chi connectivity index (χ0) is 29.2. The fraction of sp³-hybridized carbons (Fsp3) is 0.265. The summed E-state index contributed by atoms with van der Waals surface area (Å²) in [6, 6.07) is 20.2. The van der Waals surface area contributed by atoms with Crippen LogP contribution in [0.5, 0.6) is 0 Å². The Morgan fingerprint density at radius 3 is 2.52 bits per heavy atom. The molecule has 7 nitrogen and oxygen atoms in total. The first kappa shape index (κ1) is 27.9. The molecule has 3 heterocycles. The summed E-state index contributed by atoms with van der Waals surface area (Å²) in [5.74, 6) is 2.18. The molecule has 0 amide bonds. The number of nitrogens with zero attached hydrogens (tertiary/aromatic N) is 4. The summed E-state index contributed by atoms with van der Waals surface area (Å²) in [4.78, 5) is 30.1. The molecule has 0 aliphatic heterocycles. The molecule has 42 heavy (non-hydrogen) atoms. The van der Waals surface area contributed by atoms with Gasteiger partial charge in [0.15, 0.2) is 5.82 Å². The van der Waals surface area contributed by atoms with Crippen LogP contribution < -0.4 is 10.6 Å². The monoisotopic (exact) mass is 576 g/mol. The van der Waals surface area contributed by atoms with E-state index in [9.17, 15) is 4.79 Å². The number of hydrogen-bond acceptors (Lipinski definition) is 7. The quantitative estimate of drug-likeness (QED) is 0.197. The van der Waals surface area contributed by atoms with Gasteiger partial charge < -0.3 is 10.6 Å². The first-order valence-corrected chi connectivity index (χ1v) is 14.7. The van der Waals surface area contributed by atoms with Gasteiger partial charge in [0.25, 0.3) is 0 Å². The lowest BCUT2D eigenvalue weighted by molar-refractivity contribution is -0.117. The van der Waals surface area contributed by atoms with E-state index < -0.39 is 0 Å². The van der Waals surface area contributed by atoms with Gasteiger partial charge in [-0.05, 0) is 80.6 Å². The van der Waals surface area contributed by atoms with Crippen LogP contribution in [-0.2, 0) is 11.3 Å². The lowest BCUT2D eigenvalue weighted by Crippen LogP contribution is -2.21. The highest BCUT2D eigenvalue weighted by atomic mass is 35.5. The number of nitrogens with one attached hydrogen (secondary N) is 2. The van der Waals surface area contributed by atoms with E-state index in [4.69, 9.17) is 16.6 Å². The Labute approximate surface area is 250 Å². The molecule has 2 N–H and O–H groups in total. The van der Waals surface area contributed by atoms with Gasteiger partial charge in [-0.25, -0.2) is 9.97 Å². The van der Waals surface area contributed by atoms with Crippen molar-refractivity contribution in [3.8, 4) is 22.4 Å². The summed E-state index contributed by atoms with van der Waals surface area (Å²) >= 11 is 7.09. The zero-order valence-electron chi connectivity index (χ0n) is 24.0. The summed E-state index contributed by atoms with van der Waals surface area (Å²) < 4.78 is 0. The SMILES string of the molecule is Cc1nc(Nc2cccc(-c3cccc(-c4ccc(CNC[C@@H]5CCC(=O)C5)c(C)n4)c3Cl)c2C)c2ncccc2n1. The first-order valence-electron chi connectivity index (χ1n) is 14.3. The summed E-state index contributed by atoms with van der Waals surface area (Å²) in [6.45, 7) is 7.58. The smallest absolute Gasteiger partial charge is 0.160 e. The fourth-order valence-corrected chi connectivity index (χ4v) is 6.03. The summed E-state index contributed by atoms with van der Waals surface area (Å²) in [7, 11) is 0. The van der Waals surface area contributed by atoms with Crippen LogP contribution >= 0.6 is 11.6 Å². The normalized spacial score (nSPS) is 15.0. The minimum Gasteiger partial charge on any atom is -0.338 e. The molecule has 0 radical (unpaired) electrons. The van der Waals surface area contributed by atoms with E-state index >= 15 is 0 Å². The van der Waals surface area contributed by atoms with Crippen LogP contribution in [0.1, 0.15) is 41.9 Å². The Bertz CT molecular complexity index is 1800. The van der Waals surface area contributed by atoms with Crippen molar-refractivity contribution in [1.29, 1.82) is 0 Å². The van der Waals surface area contributed by atoms with Crippen molar-refractivity contribution in [2.24, 2.45) is 5.92 Å². The number of benzene rings is 2. The molecular weight excluding hydrogens is 544 g/mol. The molecule has 8 heteroatoms. The van der Waals surface area contributed by atoms with Crippen LogP contribution in [0, 0.1) is 26.7 Å². The second kappa shape index (κ2) is 12.0. The predicted octanol–water partition coefficient (Wildman–Crippen LogP) is 7.53. The van der Waals surface area contributed by atoms with E-state index in [0.717, 1.165) is 81.9 Å². The number of ketones is 1. The van der Waals surface area contributed by atoms with Crippen LogP contribution in [0.4, 0.5) is 11.5 Å². The number of carbonyl (C=O) groups excluding carboxylic acids is 1. The van der Waals surface area contributed by atoms with Crippen LogP contribution in [0.2, 0.25) is 5.02 Å². The molecule has 1 saturated carbocycles. The maximum absolute atomic E-state index is 11.6. The minimum absolute atomic E-state index is 0.382. The Balaban J connectivity index is 1.25. The number of Topliss-reactive ketones (excluding diaryl/α,β-unsaturated/α-hetero) is 1. The second-order valence-electron chi connectivity index (χ2n) is 11.0. The molecule has 2 aromatic carbocycles. The molecule has 6 rings (SSSR count). The van der Waals surface area contributed by atoms with Crippen molar-refractivity contribution in [1.82, 2.24) is 25.3 Å². The van der Waals surface area contributed by atoms with E-state index in [1.807, 2.05) is 62.4 Å². The minimum atomic E-state index is 0.382. The summed E-state index contributed by atoms with van der Waals surface area (Å²) in [5.41, 5.74) is 9.29. The lowest BCUT2D eigenvalue weighted by Gasteiger charge is -2.17. The molecular formula is C34H33ClN6O. The molecule has 0 bridgehead atoms. The van der Waals surface area contributed by atoms with E-state index in [0.29, 0.717) is 34.8 Å². The molecule has 5 aromatic rings. The molecule has 212 valence electrons. The van der Waals surface area contributed by atoms with Crippen molar-refractivity contribution in [3.05, 3.63) is 94.5 Å². The molecule has 1 aliphatic rings. The Hall–Kier alpha value is -4.20. The summed E-state index contributed by atoms with van der Waals surface area (Å²) in [6.07, 6.45) is 4.16. The van der Waals surface area contributed by atoms with E-state index in [2.05, 4.69) is 44.6 Å². The highest BCUT2D eigenvalue weighted by Crippen LogP contribution is 2.39. The predicted molar refractivity (Wildman–Crippen MR) is 169 cm³/mol. The van der Waals surface area contributed by atoms with Crippen molar-refractivity contribution in [3.63, 3.8) is 0 Å². The van der Waals surface area contributed by atoms with Crippen molar-refractivity contribution < 1.29 is 4.79 Å². The molecule has 0 saturated heterocycles. The maximum atomic E-state index is 11.6. The number of fused-ring (bicyclic) bond motifs is 1. The van der Waals surface area contributed by atoms with Gasteiger partial charge in [-0.3, -0.25) is 14.8 Å². The van der Waals surface area contributed by atoms with Crippen molar-refractivity contribution >= 4 is 39.9 Å². The number of anilines is 2. The average Bonchev–Trinajstić information content (AvgIpc) is 3.40. The number of aryl methyl sites for hydroxylation is 2. The largest absolute Gasteiger partial charge is 0.338 e. The number of pyridine rings is 2. The average molecular weight is 577 g/mol. The lowest BCUT2D eigenvalue weighted by atomic mass is 9.96. The van der Waals surface area contributed by atoms with Crippen molar-refractivity contribution in [2.75, 3.05) is 11.9 Å². The number of aromatic nitrogens is 4. The topological polar surface area (TPSA) is 92.7 Å². The molecule has 0 unspecified atom stereocenters. The Morgan fingerprint density at radius 1 is 0.905 bits per heavy atom. The van der Waals surface area contributed by atoms with Gasteiger partial charge in [0.05, 0.1) is 16.2 Å². The zero-order valence-corrected chi connectivity index (χ0v) is 24.8. The molecule has 3 aromatic heterocycles. The van der Waals surface area contributed by atoms with Crippen LogP contribution in [-0.4, -0.2) is 32.3 Å². The highest BCUT2D eigenvalue weighted by molar-refractivity contribution is 6.36.